The van der Waals surface area contributed by atoms with Crippen molar-refractivity contribution < 1.29 is 18.0 Å². The normalized spacial score (nSPS) is 15.8. The van der Waals surface area contributed by atoms with Gasteiger partial charge in [0.05, 0.1) is 54.0 Å². The number of fused-ring (bicyclic) bond motifs is 1. The van der Waals surface area contributed by atoms with E-state index in [-0.39, 0.29) is 35.1 Å². The van der Waals surface area contributed by atoms with Crippen LogP contribution in [-0.2, 0) is 13.6 Å². The van der Waals surface area contributed by atoms with Crippen molar-refractivity contribution in [1.29, 1.82) is 0 Å². The lowest BCUT2D eigenvalue weighted by molar-refractivity contribution is -0.175. The van der Waals surface area contributed by atoms with Gasteiger partial charge in [0.2, 0.25) is 5.95 Å². The van der Waals surface area contributed by atoms with E-state index >= 15 is 0 Å². The molecular weight excluding hydrogens is 621 g/mol. The maximum atomic E-state index is 13.4. The minimum Gasteiger partial charge on any atom is -0.370 e. The predicted octanol–water partition coefficient (Wildman–Crippen LogP) is 8.64. The number of imidazole rings is 1. The number of carbonyl (C=O) groups is 1. The number of aromatic nitrogens is 2. The van der Waals surface area contributed by atoms with Crippen molar-refractivity contribution in [1.82, 2.24) is 14.9 Å². The van der Waals surface area contributed by atoms with Crippen LogP contribution < -0.4 is 15.5 Å². The van der Waals surface area contributed by atoms with Crippen LogP contribution in [0.5, 0.6) is 0 Å². The molecule has 1 aliphatic rings. The minimum absolute atomic E-state index is 0.108. The van der Waals surface area contributed by atoms with Gasteiger partial charge >= 0.3 is 6.18 Å². The number of hydrogen-bond donors (Lipinski definition) is 2. The Labute approximate surface area is 254 Å². The number of anilines is 3. The molecule has 216 valence electrons. The highest BCUT2D eigenvalue weighted by molar-refractivity contribution is 6.39. The van der Waals surface area contributed by atoms with Gasteiger partial charge in [0.15, 0.2) is 0 Å². The number of rotatable bonds is 6. The van der Waals surface area contributed by atoms with Gasteiger partial charge in [-0.05, 0) is 54.8 Å². The number of benzene rings is 3. The lowest BCUT2D eigenvalue weighted by atomic mass is 9.97. The fourth-order valence-electron chi connectivity index (χ4n) is 4.90. The smallest absolute Gasteiger partial charge is 0.370 e. The maximum Gasteiger partial charge on any atom is 0.393 e. The molecule has 5 rings (SSSR count). The quantitative estimate of drug-likeness (QED) is 0.221. The second-order valence-corrected chi connectivity index (χ2v) is 11.5. The first-order valence-corrected chi connectivity index (χ1v) is 14.2. The maximum absolute atomic E-state index is 13.4. The third kappa shape index (κ3) is 6.33. The summed E-state index contributed by atoms with van der Waals surface area (Å²) >= 11 is 25.3. The summed E-state index contributed by atoms with van der Waals surface area (Å²) in [6, 6.07) is 13.5. The molecule has 1 saturated heterocycles. The Morgan fingerprint density at radius 3 is 2.46 bits per heavy atom. The number of aryl methyl sites for hydroxylation is 1. The number of nitrogens with one attached hydrogen (secondary N) is 2. The van der Waals surface area contributed by atoms with Gasteiger partial charge in [0.25, 0.3) is 5.91 Å². The molecule has 1 fully saturated rings. The van der Waals surface area contributed by atoms with E-state index in [1.165, 1.54) is 0 Å². The molecule has 41 heavy (non-hydrogen) atoms. The molecule has 0 bridgehead atoms. The van der Waals surface area contributed by atoms with E-state index in [0.29, 0.717) is 51.4 Å². The summed E-state index contributed by atoms with van der Waals surface area (Å²) < 4.78 is 42.0. The van der Waals surface area contributed by atoms with E-state index in [0.717, 1.165) is 5.56 Å². The summed E-state index contributed by atoms with van der Waals surface area (Å²) in [6.45, 7) is 0.532. The van der Waals surface area contributed by atoms with Gasteiger partial charge in [0.1, 0.15) is 0 Å². The predicted molar refractivity (Wildman–Crippen MR) is 159 cm³/mol. The Hall–Kier alpha value is -2.85. The first kappa shape index (κ1) is 29.6. The Morgan fingerprint density at radius 2 is 1.76 bits per heavy atom. The average Bonchev–Trinajstić information content (AvgIpc) is 3.21. The second kappa shape index (κ2) is 11.8. The van der Waals surface area contributed by atoms with E-state index in [1.54, 1.807) is 65.0 Å². The van der Waals surface area contributed by atoms with E-state index in [1.807, 2.05) is 0 Å². The van der Waals surface area contributed by atoms with Crippen LogP contribution in [0.1, 0.15) is 28.8 Å². The van der Waals surface area contributed by atoms with E-state index < -0.39 is 18.0 Å². The second-order valence-electron chi connectivity index (χ2n) is 9.83. The van der Waals surface area contributed by atoms with Crippen LogP contribution in [-0.4, -0.2) is 34.7 Å². The SMILES string of the molecule is Cn1c(Nc2cc(CNC(=O)c3c(Cl)cccc3Cl)ccc2Cl)nc2cc(Cl)c(N3CCCC(C(F)(F)F)C3)cc21. The van der Waals surface area contributed by atoms with Crippen LogP contribution in [0.25, 0.3) is 11.0 Å². The number of carbonyl (C=O) groups excluding carboxylic acids is 1. The van der Waals surface area contributed by atoms with Gasteiger partial charge in [0, 0.05) is 26.7 Å². The zero-order chi connectivity index (χ0) is 29.5. The highest BCUT2D eigenvalue weighted by Crippen LogP contribution is 2.39. The average molecular weight is 645 g/mol. The lowest BCUT2D eigenvalue weighted by Gasteiger charge is -2.35. The topological polar surface area (TPSA) is 62.2 Å². The summed E-state index contributed by atoms with van der Waals surface area (Å²) in [5.41, 5.74) is 3.29. The summed E-state index contributed by atoms with van der Waals surface area (Å²) in [4.78, 5) is 19.0. The summed E-state index contributed by atoms with van der Waals surface area (Å²) in [5, 5.41) is 7.27. The molecule has 0 aliphatic carbocycles. The molecule has 3 aromatic carbocycles. The molecule has 2 heterocycles. The van der Waals surface area contributed by atoms with Crippen molar-refractivity contribution in [2.75, 3.05) is 23.3 Å². The first-order chi connectivity index (χ1) is 19.4. The molecule has 1 amide bonds. The fourth-order valence-corrected chi connectivity index (χ4v) is 5.91. The van der Waals surface area contributed by atoms with E-state index in [9.17, 15) is 18.0 Å². The molecule has 0 spiro atoms. The molecule has 1 aromatic heterocycles. The van der Waals surface area contributed by atoms with Gasteiger partial charge < -0.3 is 20.1 Å². The molecule has 0 saturated carbocycles. The molecule has 13 heteroatoms. The molecule has 0 radical (unpaired) electrons. The highest BCUT2D eigenvalue weighted by Gasteiger charge is 2.42. The number of piperidine rings is 1. The standard InChI is InChI=1S/C28H24Cl4F3N5O/c1-39-24-12-23(40-9-3-4-16(14-40)28(33,34)35)20(32)11-22(24)38-27(39)37-21-10-15(7-8-17(21)29)13-36-26(41)25-18(30)5-2-6-19(25)31/h2,5-8,10-12,16H,3-4,9,13-14H2,1H3,(H,36,41)(H,37,38). The minimum atomic E-state index is -4.25. The molecular formula is C28H24Cl4F3N5O. The molecule has 6 nitrogen and oxygen atoms in total. The Balaban J connectivity index is 1.36. The highest BCUT2D eigenvalue weighted by atomic mass is 35.5. The summed E-state index contributed by atoms with van der Waals surface area (Å²) in [5.74, 6) is -1.36. The van der Waals surface area contributed by atoms with Crippen LogP contribution in [0.3, 0.4) is 0 Å². The van der Waals surface area contributed by atoms with Crippen molar-refractivity contribution in [3.05, 3.63) is 79.7 Å². The summed E-state index contributed by atoms with van der Waals surface area (Å²) in [7, 11) is 1.79. The summed E-state index contributed by atoms with van der Waals surface area (Å²) in [6.07, 6.45) is -3.72. The van der Waals surface area contributed by atoms with Gasteiger partial charge in [-0.1, -0.05) is 58.5 Å². The van der Waals surface area contributed by atoms with Crippen molar-refractivity contribution >= 4 is 80.7 Å². The van der Waals surface area contributed by atoms with E-state index in [4.69, 9.17) is 46.4 Å². The molecule has 4 aromatic rings. The van der Waals surface area contributed by atoms with Crippen LogP contribution in [0, 0.1) is 5.92 Å². The number of hydrogen-bond acceptors (Lipinski definition) is 4. The third-order valence-corrected chi connectivity index (χ3v) is 8.36. The first-order valence-electron chi connectivity index (χ1n) is 12.7. The molecule has 1 unspecified atom stereocenters. The lowest BCUT2D eigenvalue weighted by Crippen LogP contribution is -2.41. The number of halogens is 7. The largest absolute Gasteiger partial charge is 0.393 e. The molecule has 1 atom stereocenters. The van der Waals surface area contributed by atoms with Crippen LogP contribution in [0.4, 0.5) is 30.5 Å². The molecule has 2 N–H and O–H groups in total. The van der Waals surface area contributed by atoms with Crippen molar-refractivity contribution in [2.45, 2.75) is 25.6 Å². The third-order valence-electron chi connectivity index (χ3n) is 7.09. The number of alkyl halides is 3. The Bertz CT molecular complexity index is 1600. The van der Waals surface area contributed by atoms with Gasteiger partial charge in [-0.2, -0.15) is 13.2 Å². The zero-order valence-corrected chi connectivity index (χ0v) is 24.7. The zero-order valence-electron chi connectivity index (χ0n) is 21.6. The van der Waals surface area contributed by atoms with Crippen LogP contribution in [0.15, 0.2) is 48.5 Å². The van der Waals surface area contributed by atoms with Crippen molar-refractivity contribution in [3.63, 3.8) is 0 Å². The van der Waals surface area contributed by atoms with Crippen molar-refractivity contribution in [3.8, 4) is 0 Å². The monoisotopic (exact) mass is 643 g/mol. The fraction of sp³-hybridized carbons (Fsp3) is 0.286. The number of nitrogens with zero attached hydrogens (tertiary/aromatic N) is 3. The van der Waals surface area contributed by atoms with Crippen LogP contribution >= 0.6 is 46.4 Å². The van der Waals surface area contributed by atoms with Crippen molar-refractivity contribution in [2.24, 2.45) is 13.0 Å². The van der Waals surface area contributed by atoms with Crippen LogP contribution in [0.2, 0.25) is 20.1 Å². The van der Waals surface area contributed by atoms with Gasteiger partial charge in [-0.3, -0.25) is 4.79 Å². The van der Waals surface area contributed by atoms with Gasteiger partial charge in [-0.25, -0.2) is 4.98 Å². The Kier molecular flexibility index (Phi) is 8.53. The Morgan fingerprint density at radius 1 is 1.02 bits per heavy atom. The molecule has 1 aliphatic heterocycles. The van der Waals surface area contributed by atoms with Gasteiger partial charge in [-0.15, -0.1) is 0 Å². The van der Waals surface area contributed by atoms with E-state index in [2.05, 4.69) is 15.6 Å². The number of amides is 1.